The van der Waals surface area contributed by atoms with Crippen molar-refractivity contribution in [3.05, 3.63) is 34.4 Å². The molecule has 0 N–H and O–H groups in total. The summed E-state index contributed by atoms with van der Waals surface area (Å²) in [7, 11) is 0. The van der Waals surface area contributed by atoms with Crippen LogP contribution >= 0.6 is 0 Å². The summed E-state index contributed by atoms with van der Waals surface area (Å²) in [4.78, 5) is 24.1. The van der Waals surface area contributed by atoms with Gasteiger partial charge in [-0.05, 0) is 33.3 Å². The lowest BCUT2D eigenvalue weighted by molar-refractivity contribution is -0.384. The van der Waals surface area contributed by atoms with Crippen molar-refractivity contribution >= 4 is 17.5 Å². The number of carbonyl (C=O) groups excluding carboxylic acids is 1. The van der Waals surface area contributed by atoms with Crippen molar-refractivity contribution in [3.8, 4) is 0 Å². The molecule has 116 valence electrons. The molecule has 1 amide bonds. The summed E-state index contributed by atoms with van der Waals surface area (Å²) in [6.07, 6.45) is 1.22. The molecular formula is C15H22N2O4. The number of hydrogen-bond acceptors (Lipinski definition) is 4. The molecular weight excluding hydrogens is 272 g/mol. The van der Waals surface area contributed by atoms with Crippen LogP contribution in [0.4, 0.5) is 16.2 Å². The number of hydrogen-bond donors (Lipinski definition) is 0. The highest BCUT2D eigenvalue weighted by molar-refractivity contribution is 5.88. The molecule has 0 aliphatic heterocycles. The number of anilines is 1. The average molecular weight is 294 g/mol. The zero-order valence-electron chi connectivity index (χ0n) is 13.0. The molecule has 0 aliphatic rings. The Hall–Kier alpha value is -2.11. The second-order valence-electron chi connectivity index (χ2n) is 5.76. The van der Waals surface area contributed by atoms with Gasteiger partial charge in [-0.1, -0.05) is 19.4 Å². The lowest BCUT2D eigenvalue weighted by Gasteiger charge is -2.27. The third-order valence-electron chi connectivity index (χ3n) is 2.70. The van der Waals surface area contributed by atoms with Gasteiger partial charge in [0.05, 0.1) is 10.6 Å². The number of non-ortho nitro benzene ring substituents is 1. The first kappa shape index (κ1) is 16.9. The number of benzene rings is 1. The van der Waals surface area contributed by atoms with Crippen LogP contribution in [0.15, 0.2) is 24.3 Å². The average Bonchev–Trinajstić information content (AvgIpc) is 2.37. The highest BCUT2D eigenvalue weighted by Crippen LogP contribution is 2.23. The first-order valence-electron chi connectivity index (χ1n) is 6.99. The lowest BCUT2D eigenvalue weighted by Crippen LogP contribution is -2.37. The maximum absolute atomic E-state index is 12.3. The molecule has 1 rings (SSSR count). The van der Waals surface area contributed by atoms with Crippen molar-refractivity contribution in [3.63, 3.8) is 0 Å². The number of ether oxygens (including phenoxy) is 1. The lowest BCUT2D eigenvalue weighted by atomic mass is 10.2. The number of rotatable bonds is 5. The van der Waals surface area contributed by atoms with Gasteiger partial charge in [-0.25, -0.2) is 4.79 Å². The standard InChI is InChI=1S/C15H22N2O4/c1-5-6-10-16(14(18)21-15(2,3)4)12-8-7-9-13(11-12)17(19)20/h7-9,11H,5-6,10H2,1-4H3. The van der Waals surface area contributed by atoms with Crippen molar-refractivity contribution < 1.29 is 14.5 Å². The number of nitrogens with zero attached hydrogens (tertiary/aromatic N) is 2. The van der Waals surface area contributed by atoms with Crippen molar-refractivity contribution in [1.82, 2.24) is 0 Å². The van der Waals surface area contributed by atoms with E-state index < -0.39 is 16.6 Å². The Morgan fingerprint density at radius 1 is 1.38 bits per heavy atom. The summed E-state index contributed by atoms with van der Waals surface area (Å²) >= 11 is 0. The smallest absolute Gasteiger partial charge is 0.414 e. The van der Waals surface area contributed by atoms with Crippen molar-refractivity contribution in [2.75, 3.05) is 11.4 Å². The van der Waals surface area contributed by atoms with E-state index in [2.05, 4.69) is 0 Å². The minimum absolute atomic E-state index is 0.0439. The molecule has 0 unspecified atom stereocenters. The Labute approximate surface area is 124 Å². The van der Waals surface area contributed by atoms with Crippen LogP contribution in [0, 0.1) is 10.1 Å². The van der Waals surface area contributed by atoms with Gasteiger partial charge >= 0.3 is 6.09 Å². The minimum atomic E-state index is -0.609. The predicted octanol–water partition coefficient (Wildman–Crippen LogP) is 4.14. The summed E-state index contributed by atoms with van der Waals surface area (Å²) in [6, 6.07) is 6.03. The van der Waals surface area contributed by atoms with E-state index in [-0.39, 0.29) is 5.69 Å². The molecule has 1 aromatic carbocycles. The van der Waals surface area contributed by atoms with E-state index >= 15 is 0 Å². The van der Waals surface area contributed by atoms with Gasteiger partial charge in [0.25, 0.3) is 5.69 Å². The fourth-order valence-corrected chi connectivity index (χ4v) is 1.73. The van der Waals surface area contributed by atoms with E-state index in [4.69, 9.17) is 4.74 Å². The molecule has 0 heterocycles. The van der Waals surface area contributed by atoms with Crippen LogP contribution in [0.5, 0.6) is 0 Å². The van der Waals surface area contributed by atoms with Crippen LogP contribution in [-0.4, -0.2) is 23.2 Å². The van der Waals surface area contributed by atoms with Gasteiger partial charge in [-0.15, -0.1) is 0 Å². The van der Waals surface area contributed by atoms with Crippen LogP contribution in [0.1, 0.15) is 40.5 Å². The van der Waals surface area contributed by atoms with Gasteiger partial charge in [-0.2, -0.15) is 0 Å². The number of nitro groups is 1. The van der Waals surface area contributed by atoms with E-state index in [1.165, 1.54) is 17.0 Å². The normalized spacial score (nSPS) is 11.0. The zero-order chi connectivity index (χ0) is 16.0. The van der Waals surface area contributed by atoms with E-state index in [9.17, 15) is 14.9 Å². The maximum Gasteiger partial charge on any atom is 0.414 e. The first-order valence-corrected chi connectivity index (χ1v) is 6.99. The molecule has 0 spiro atoms. The monoisotopic (exact) mass is 294 g/mol. The number of amides is 1. The Bertz CT molecular complexity index is 509. The summed E-state index contributed by atoms with van der Waals surface area (Å²) in [5.41, 5.74) is -0.174. The van der Waals surface area contributed by atoms with Gasteiger partial charge < -0.3 is 4.74 Å². The molecule has 0 radical (unpaired) electrons. The summed E-state index contributed by atoms with van der Waals surface area (Å²) in [5.74, 6) is 0. The van der Waals surface area contributed by atoms with Crippen molar-refractivity contribution in [1.29, 1.82) is 0 Å². The third-order valence-corrected chi connectivity index (χ3v) is 2.70. The molecule has 21 heavy (non-hydrogen) atoms. The molecule has 6 heteroatoms. The molecule has 0 bridgehead atoms. The van der Waals surface area contributed by atoms with Crippen LogP contribution in [-0.2, 0) is 4.74 Å². The largest absolute Gasteiger partial charge is 0.443 e. The van der Waals surface area contributed by atoms with Gasteiger partial charge in [0, 0.05) is 18.7 Å². The maximum atomic E-state index is 12.3. The van der Waals surface area contributed by atoms with Crippen LogP contribution in [0.3, 0.4) is 0 Å². The molecule has 0 saturated carbocycles. The predicted molar refractivity (Wildman–Crippen MR) is 81.6 cm³/mol. The molecule has 0 aliphatic carbocycles. The molecule has 6 nitrogen and oxygen atoms in total. The molecule has 0 saturated heterocycles. The second kappa shape index (κ2) is 7.06. The minimum Gasteiger partial charge on any atom is -0.443 e. The number of carbonyl (C=O) groups is 1. The van der Waals surface area contributed by atoms with Gasteiger partial charge in [0.15, 0.2) is 0 Å². The fourth-order valence-electron chi connectivity index (χ4n) is 1.73. The van der Waals surface area contributed by atoms with E-state index in [1.54, 1.807) is 32.9 Å². The molecule has 1 aromatic rings. The quantitative estimate of drug-likeness (QED) is 0.604. The summed E-state index contributed by atoms with van der Waals surface area (Å²) in [5, 5.41) is 10.9. The van der Waals surface area contributed by atoms with Gasteiger partial charge in [0.1, 0.15) is 5.60 Å². The Morgan fingerprint density at radius 3 is 2.57 bits per heavy atom. The Balaban J connectivity index is 3.04. The topological polar surface area (TPSA) is 72.7 Å². The fraction of sp³-hybridized carbons (Fsp3) is 0.533. The van der Waals surface area contributed by atoms with E-state index in [0.29, 0.717) is 12.2 Å². The zero-order valence-corrected chi connectivity index (χ0v) is 13.0. The van der Waals surface area contributed by atoms with E-state index in [0.717, 1.165) is 12.8 Å². The molecule has 0 atom stereocenters. The third kappa shape index (κ3) is 5.41. The summed E-state index contributed by atoms with van der Waals surface area (Å²) < 4.78 is 5.37. The highest BCUT2D eigenvalue weighted by Gasteiger charge is 2.24. The van der Waals surface area contributed by atoms with Crippen molar-refractivity contribution in [2.45, 2.75) is 46.1 Å². The van der Waals surface area contributed by atoms with Crippen molar-refractivity contribution in [2.24, 2.45) is 0 Å². The number of unbranched alkanes of at least 4 members (excludes halogenated alkanes) is 1. The SMILES string of the molecule is CCCCN(C(=O)OC(C)(C)C)c1cccc([N+](=O)[O-])c1. The number of nitro benzene ring substituents is 1. The molecule has 0 aromatic heterocycles. The molecule has 0 fully saturated rings. The second-order valence-corrected chi connectivity index (χ2v) is 5.76. The summed E-state index contributed by atoms with van der Waals surface area (Å²) in [6.45, 7) is 7.84. The van der Waals surface area contributed by atoms with Crippen LogP contribution in [0.2, 0.25) is 0 Å². The van der Waals surface area contributed by atoms with Gasteiger partial charge in [-0.3, -0.25) is 15.0 Å². The highest BCUT2D eigenvalue weighted by atomic mass is 16.6. The Kier molecular flexibility index (Phi) is 5.69. The Morgan fingerprint density at radius 2 is 2.05 bits per heavy atom. The van der Waals surface area contributed by atoms with Crippen LogP contribution in [0.25, 0.3) is 0 Å². The van der Waals surface area contributed by atoms with Gasteiger partial charge in [0.2, 0.25) is 0 Å². The van der Waals surface area contributed by atoms with E-state index in [1.807, 2.05) is 6.92 Å². The first-order chi connectivity index (χ1) is 9.74. The van der Waals surface area contributed by atoms with Crippen LogP contribution < -0.4 is 4.90 Å².